The molecule has 0 saturated carbocycles. The van der Waals surface area contributed by atoms with Crippen molar-refractivity contribution in [1.29, 1.82) is 5.26 Å². The molecule has 3 nitrogen and oxygen atoms in total. The number of nitriles is 1. The largest absolute Gasteiger partial charge is 0.296 e. The number of halogens is 2. The summed E-state index contributed by atoms with van der Waals surface area (Å²) < 4.78 is 25.0. The topological polar surface area (TPSA) is 53.8 Å². The number of hydrogen-bond donors (Lipinski definition) is 0. The molecule has 0 N–H and O–H groups in total. The first kappa shape index (κ1) is 10.3. The van der Waals surface area contributed by atoms with Crippen molar-refractivity contribution < 1.29 is 13.6 Å². The molecule has 0 bridgehead atoms. The highest BCUT2D eigenvalue weighted by atomic mass is 19.3. The molecule has 0 aromatic carbocycles. The molecule has 0 aliphatic heterocycles. The first-order valence-electron chi connectivity index (χ1n) is 3.74. The van der Waals surface area contributed by atoms with Gasteiger partial charge in [0.25, 0.3) is 6.43 Å². The van der Waals surface area contributed by atoms with Gasteiger partial charge in [0.2, 0.25) is 0 Å². The van der Waals surface area contributed by atoms with Gasteiger partial charge in [-0.3, -0.25) is 9.78 Å². The molecule has 1 rings (SSSR count). The van der Waals surface area contributed by atoms with Gasteiger partial charge in [0, 0.05) is 11.8 Å². The highest BCUT2D eigenvalue weighted by molar-refractivity contribution is 5.75. The van der Waals surface area contributed by atoms with Crippen LogP contribution in [-0.2, 0) is 0 Å². The van der Waals surface area contributed by atoms with Crippen molar-refractivity contribution in [1.82, 2.24) is 4.98 Å². The first-order valence-corrected chi connectivity index (χ1v) is 3.74. The molecule has 5 heteroatoms. The highest BCUT2D eigenvalue weighted by Crippen LogP contribution is 2.26. The molecule has 0 amide bonds. The molecule has 1 heterocycles. The monoisotopic (exact) mass is 196 g/mol. The fourth-order valence-electron chi connectivity index (χ4n) is 1.13. The zero-order valence-electron chi connectivity index (χ0n) is 7.29. The van der Waals surface area contributed by atoms with E-state index in [0.717, 1.165) is 6.20 Å². The summed E-state index contributed by atoms with van der Waals surface area (Å²) in [5.74, 6) is 0. The number of rotatable bonds is 2. The second-order valence-electron chi connectivity index (χ2n) is 2.63. The van der Waals surface area contributed by atoms with Crippen molar-refractivity contribution in [3.8, 4) is 6.07 Å². The molecule has 1 aromatic rings. The molecule has 0 radical (unpaired) electrons. The number of aromatic nitrogens is 1. The van der Waals surface area contributed by atoms with Crippen LogP contribution < -0.4 is 0 Å². The van der Waals surface area contributed by atoms with Crippen molar-refractivity contribution in [2.45, 2.75) is 13.3 Å². The molecule has 72 valence electrons. The van der Waals surface area contributed by atoms with E-state index in [-0.39, 0.29) is 16.8 Å². The van der Waals surface area contributed by atoms with Crippen molar-refractivity contribution in [3.05, 3.63) is 28.6 Å². The van der Waals surface area contributed by atoms with Gasteiger partial charge in [-0.25, -0.2) is 8.78 Å². The Bertz CT molecular complexity index is 410. The zero-order chi connectivity index (χ0) is 10.7. The van der Waals surface area contributed by atoms with Crippen LogP contribution in [0.2, 0.25) is 0 Å². The smallest absolute Gasteiger partial charge is 0.265 e. The normalized spacial score (nSPS) is 9.93. The van der Waals surface area contributed by atoms with E-state index in [2.05, 4.69) is 4.98 Å². The van der Waals surface area contributed by atoms with Crippen LogP contribution in [0, 0.1) is 18.3 Å². The molecule has 0 saturated heterocycles. The van der Waals surface area contributed by atoms with Crippen LogP contribution in [0.1, 0.15) is 33.6 Å². The summed E-state index contributed by atoms with van der Waals surface area (Å²) >= 11 is 0. The standard InChI is InChI=1S/C9H6F2N2O/c1-5-7(4-14)13-3-6(2-12)8(5)9(10)11/h3-4,9H,1H3. The summed E-state index contributed by atoms with van der Waals surface area (Å²) in [7, 11) is 0. The Labute approximate surface area is 79.0 Å². The van der Waals surface area contributed by atoms with Gasteiger partial charge in [-0.05, 0) is 12.5 Å². The maximum atomic E-state index is 12.5. The van der Waals surface area contributed by atoms with Crippen molar-refractivity contribution >= 4 is 6.29 Å². The Kier molecular flexibility index (Phi) is 2.87. The van der Waals surface area contributed by atoms with Crippen molar-refractivity contribution in [2.24, 2.45) is 0 Å². The molecule has 0 fully saturated rings. The minimum Gasteiger partial charge on any atom is -0.296 e. The van der Waals surface area contributed by atoms with Crippen molar-refractivity contribution in [2.75, 3.05) is 0 Å². The highest BCUT2D eigenvalue weighted by Gasteiger charge is 2.18. The van der Waals surface area contributed by atoms with Gasteiger partial charge in [-0.2, -0.15) is 5.26 Å². The maximum Gasteiger partial charge on any atom is 0.265 e. The quantitative estimate of drug-likeness (QED) is 0.680. The van der Waals surface area contributed by atoms with Gasteiger partial charge >= 0.3 is 0 Å². The molecule has 0 unspecified atom stereocenters. The Balaban J connectivity index is 3.48. The number of carbonyl (C=O) groups excluding carboxylic acids is 1. The molecule has 0 spiro atoms. The third-order valence-corrected chi connectivity index (χ3v) is 1.86. The summed E-state index contributed by atoms with van der Waals surface area (Å²) in [6.45, 7) is 1.35. The summed E-state index contributed by atoms with van der Waals surface area (Å²) in [4.78, 5) is 14.0. The molecule has 14 heavy (non-hydrogen) atoms. The average Bonchev–Trinajstić information content (AvgIpc) is 2.16. The number of carbonyl (C=O) groups is 1. The van der Waals surface area contributed by atoms with E-state index < -0.39 is 12.0 Å². The fraction of sp³-hybridized carbons (Fsp3) is 0.222. The van der Waals surface area contributed by atoms with E-state index in [9.17, 15) is 13.6 Å². The number of aldehydes is 1. The minimum absolute atomic E-state index is 0.0562. The summed E-state index contributed by atoms with van der Waals surface area (Å²) in [5.41, 5.74) is -0.596. The van der Waals surface area contributed by atoms with E-state index >= 15 is 0 Å². The van der Waals surface area contributed by atoms with Gasteiger partial charge in [0.05, 0.1) is 5.56 Å². The Morgan fingerprint density at radius 3 is 2.71 bits per heavy atom. The van der Waals surface area contributed by atoms with E-state index in [1.165, 1.54) is 6.92 Å². The lowest BCUT2D eigenvalue weighted by Crippen LogP contribution is -2.02. The van der Waals surface area contributed by atoms with E-state index in [1.807, 2.05) is 0 Å². The second-order valence-corrected chi connectivity index (χ2v) is 2.63. The lowest BCUT2D eigenvalue weighted by molar-refractivity contribution is 0.111. The average molecular weight is 196 g/mol. The predicted octanol–water partition coefficient (Wildman–Crippen LogP) is 2.01. The lowest BCUT2D eigenvalue weighted by atomic mass is 10.0. The van der Waals surface area contributed by atoms with Crippen LogP contribution in [0.15, 0.2) is 6.20 Å². The Morgan fingerprint density at radius 1 is 1.64 bits per heavy atom. The third-order valence-electron chi connectivity index (χ3n) is 1.86. The van der Waals surface area contributed by atoms with E-state index in [0.29, 0.717) is 6.29 Å². The minimum atomic E-state index is -2.77. The molecule has 0 aliphatic rings. The number of nitrogens with zero attached hydrogens (tertiary/aromatic N) is 2. The Morgan fingerprint density at radius 2 is 2.29 bits per heavy atom. The number of pyridine rings is 1. The third kappa shape index (κ3) is 1.59. The van der Waals surface area contributed by atoms with E-state index in [4.69, 9.17) is 5.26 Å². The summed E-state index contributed by atoms with van der Waals surface area (Å²) in [6.07, 6.45) is -1.40. The fourth-order valence-corrected chi connectivity index (χ4v) is 1.13. The zero-order valence-corrected chi connectivity index (χ0v) is 7.29. The molecular formula is C9H6F2N2O. The van der Waals surface area contributed by atoms with Crippen LogP contribution in [0.5, 0.6) is 0 Å². The van der Waals surface area contributed by atoms with Crippen LogP contribution in [0.3, 0.4) is 0 Å². The SMILES string of the molecule is Cc1c(C=O)ncc(C#N)c1C(F)F. The van der Waals surface area contributed by atoms with Gasteiger partial charge in [0.15, 0.2) is 6.29 Å². The number of alkyl halides is 2. The predicted molar refractivity (Wildman–Crippen MR) is 44.0 cm³/mol. The lowest BCUT2D eigenvalue weighted by Gasteiger charge is -2.07. The number of hydrogen-bond acceptors (Lipinski definition) is 3. The van der Waals surface area contributed by atoms with Crippen LogP contribution >= 0.6 is 0 Å². The van der Waals surface area contributed by atoms with Crippen LogP contribution in [-0.4, -0.2) is 11.3 Å². The van der Waals surface area contributed by atoms with Gasteiger partial charge in [0.1, 0.15) is 11.8 Å². The van der Waals surface area contributed by atoms with Gasteiger partial charge < -0.3 is 0 Å². The van der Waals surface area contributed by atoms with Crippen LogP contribution in [0.25, 0.3) is 0 Å². The maximum absolute atomic E-state index is 12.5. The molecular weight excluding hydrogens is 190 g/mol. The molecule has 1 aromatic heterocycles. The molecule has 0 atom stereocenters. The first-order chi connectivity index (χ1) is 6.61. The van der Waals surface area contributed by atoms with Gasteiger partial charge in [-0.15, -0.1) is 0 Å². The van der Waals surface area contributed by atoms with Gasteiger partial charge in [-0.1, -0.05) is 0 Å². The Hall–Kier alpha value is -1.83. The van der Waals surface area contributed by atoms with E-state index in [1.54, 1.807) is 6.07 Å². The second kappa shape index (κ2) is 3.92. The summed E-state index contributed by atoms with van der Waals surface area (Å²) in [6, 6.07) is 1.61. The summed E-state index contributed by atoms with van der Waals surface area (Å²) in [5, 5.41) is 8.54. The van der Waals surface area contributed by atoms with Crippen LogP contribution in [0.4, 0.5) is 8.78 Å². The van der Waals surface area contributed by atoms with Crippen molar-refractivity contribution in [3.63, 3.8) is 0 Å². The molecule has 0 aliphatic carbocycles.